The van der Waals surface area contributed by atoms with E-state index in [-0.39, 0.29) is 41.7 Å². The molecule has 0 aromatic heterocycles. The lowest BCUT2D eigenvalue weighted by molar-refractivity contribution is 0.0812. The predicted octanol–water partition coefficient (Wildman–Crippen LogP) is 2.39. The molecule has 1 aliphatic rings. The van der Waals surface area contributed by atoms with Crippen LogP contribution in [0.25, 0.3) is 11.1 Å². The minimum Gasteiger partial charge on any atom is -0.487 e. The molecule has 0 fully saturated rings. The zero-order valence-corrected chi connectivity index (χ0v) is 21.5. The van der Waals surface area contributed by atoms with Crippen molar-refractivity contribution in [2.45, 2.75) is 30.9 Å². The number of nitrogens with zero attached hydrogens (tertiary/aromatic N) is 3. The molecule has 0 spiro atoms. The van der Waals surface area contributed by atoms with Gasteiger partial charge in [0, 0.05) is 44.7 Å². The predicted molar refractivity (Wildman–Crippen MR) is 132 cm³/mol. The fraction of sp³-hybridized carbons (Fsp3) is 0.480. The second-order valence-electron chi connectivity index (χ2n) is 9.44. The van der Waals surface area contributed by atoms with Crippen LogP contribution in [0.1, 0.15) is 24.2 Å². The van der Waals surface area contributed by atoms with Crippen LogP contribution < -0.4 is 4.74 Å². The smallest absolute Gasteiger partial charge is 0.253 e. The van der Waals surface area contributed by atoms with Gasteiger partial charge in [0.05, 0.1) is 6.61 Å². The molecule has 0 unspecified atom stereocenters. The molecular weight excluding hydrogens is 454 g/mol. The van der Waals surface area contributed by atoms with Gasteiger partial charge in [0.25, 0.3) is 5.91 Å². The number of fused-ring (bicyclic) bond motifs is 1. The van der Waals surface area contributed by atoms with Crippen molar-refractivity contribution in [2.75, 3.05) is 47.9 Å². The van der Waals surface area contributed by atoms with E-state index in [4.69, 9.17) is 4.74 Å². The summed E-state index contributed by atoms with van der Waals surface area (Å²) in [6.45, 7) is 4.25. The lowest BCUT2D eigenvalue weighted by Crippen LogP contribution is -2.49. The van der Waals surface area contributed by atoms with Crippen molar-refractivity contribution in [3.05, 3.63) is 48.0 Å². The Morgan fingerprint density at radius 3 is 2.44 bits per heavy atom. The van der Waals surface area contributed by atoms with Crippen molar-refractivity contribution in [3.63, 3.8) is 0 Å². The SMILES string of the molecule is C[C@H](CO)N1C[C@H](C)[C@@H](CN(C)C)Oc2cc(-c3cccc(C(=O)N(C)C)c3)ccc2S1(=O)=O. The summed E-state index contributed by atoms with van der Waals surface area (Å²) in [6, 6.07) is 11.7. The average Bonchev–Trinajstić information content (AvgIpc) is 2.79. The Labute approximate surface area is 202 Å². The molecule has 2 aromatic carbocycles. The summed E-state index contributed by atoms with van der Waals surface area (Å²) in [4.78, 5) is 16.0. The topological polar surface area (TPSA) is 90.4 Å². The maximum absolute atomic E-state index is 13.6. The largest absolute Gasteiger partial charge is 0.487 e. The minimum absolute atomic E-state index is 0.0766. The van der Waals surface area contributed by atoms with Crippen molar-refractivity contribution in [1.29, 1.82) is 0 Å². The number of aliphatic hydroxyl groups is 1. The summed E-state index contributed by atoms with van der Waals surface area (Å²) in [5.74, 6) is 0.0554. The summed E-state index contributed by atoms with van der Waals surface area (Å²) in [5, 5.41) is 9.75. The number of hydrogen-bond donors (Lipinski definition) is 1. The number of aliphatic hydroxyl groups excluding tert-OH is 1. The van der Waals surface area contributed by atoms with Gasteiger partial charge in [0.1, 0.15) is 16.7 Å². The number of likely N-dealkylation sites (N-methyl/N-ethyl adjacent to an activating group) is 1. The molecule has 1 N–H and O–H groups in total. The Morgan fingerprint density at radius 1 is 1.15 bits per heavy atom. The molecule has 0 aliphatic carbocycles. The normalized spacial score (nSPS) is 21.2. The van der Waals surface area contributed by atoms with Gasteiger partial charge in [-0.2, -0.15) is 4.31 Å². The first-order valence-electron chi connectivity index (χ1n) is 11.4. The van der Waals surface area contributed by atoms with E-state index in [2.05, 4.69) is 0 Å². The van der Waals surface area contributed by atoms with E-state index in [1.54, 1.807) is 51.4 Å². The summed E-state index contributed by atoms with van der Waals surface area (Å²) < 4.78 is 34.9. The number of ether oxygens (including phenoxy) is 1. The van der Waals surface area contributed by atoms with E-state index in [0.717, 1.165) is 11.1 Å². The molecule has 0 bridgehead atoms. The van der Waals surface area contributed by atoms with Gasteiger partial charge >= 0.3 is 0 Å². The van der Waals surface area contributed by atoms with Crippen LogP contribution >= 0.6 is 0 Å². The average molecular weight is 490 g/mol. The first-order chi connectivity index (χ1) is 15.9. The van der Waals surface area contributed by atoms with E-state index in [1.165, 1.54) is 9.21 Å². The molecule has 8 nitrogen and oxygen atoms in total. The number of benzene rings is 2. The number of carbonyl (C=O) groups is 1. The van der Waals surface area contributed by atoms with Gasteiger partial charge in [-0.05, 0) is 56.4 Å². The number of rotatable bonds is 6. The van der Waals surface area contributed by atoms with Crippen molar-refractivity contribution in [3.8, 4) is 16.9 Å². The molecule has 3 atom stereocenters. The monoisotopic (exact) mass is 489 g/mol. The minimum atomic E-state index is -3.90. The van der Waals surface area contributed by atoms with Crippen molar-refractivity contribution < 1.29 is 23.1 Å². The van der Waals surface area contributed by atoms with Crippen LogP contribution in [0.2, 0.25) is 0 Å². The standard InChI is InChI=1S/C25H35N3O5S/c1-17-14-28(18(2)16-29)34(31,32)24-11-10-20(13-22(24)33-23(17)15-26(3)4)19-8-7-9-21(12-19)25(30)27(5)6/h7-13,17-18,23,29H,14-16H2,1-6H3/t17-,18+,23+/m0/s1. The van der Waals surface area contributed by atoms with Crippen LogP contribution in [0.5, 0.6) is 5.75 Å². The lowest BCUT2D eigenvalue weighted by Gasteiger charge is -2.37. The highest BCUT2D eigenvalue weighted by Crippen LogP contribution is 2.36. The quantitative estimate of drug-likeness (QED) is 0.670. The van der Waals surface area contributed by atoms with Crippen LogP contribution in [-0.4, -0.2) is 93.6 Å². The van der Waals surface area contributed by atoms with Crippen molar-refractivity contribution in [1.82, 2.24) is 14.1 Å². The van der Waals surface area contributed by atoms with Crippen LogP contribution in [0.15, 0.2) is 47.4 Å². The second kappa shape index (κ2) is 10.4. The molecule has 0 saturated carbocycles. The molecule has 9 heteroatoms. The zero-order chi connectivity index (χ0) is 25.2. The Hall–Kier alpha value is -2.46. The maximum Gasteiger partial charge on any atom is 0.253 e. The van der Waals surface area contributed by atoms with Gasteiger partial charge in [-0.15, -0.1) is 0 Å². The molecule has 1 aliphatic heterocycles. The molecule has 1 heterocycles. The molecule has 0 radical (unpaired) electrons. The molecule has 0 saturated heterocycles. The second-order valence-corrected chi connectivity index (χ2v) is 11.3. The Morgan fingerprint density at radius 2 is 1.82 bits per heavy atom. The molecular formula is C25H35N3O5S. The highest BCUT2D eigenvalue weighted by molar-refractivity contribution is 7.89. The van der Waals surface area contributed by atoms with Gasteiger partial charge in [-0.1, -0.05) is 25.1 Å². The highest BCUT2D eigenvalue weighted by Gasteiger charge is 2.38. The van der Waals surface area contributed by atoms with Gasteiger partial charge in [-0.3, -0.25) is 4.79 Å². The van der Waals surface area contributed by atoms with E-state index < -0.39 is 16.1 Å². The molecule has 186 valence electrons. The zero-order valence-electron chi connectivity index (χ0n) is 20.7. The number of sulfonamides is 1. The van der Waals surface area contributed by atoms with Crippen molar-refractivity contribution in [2.24, 2.45) is 5.92 Å². The highest BCUT2D eigenvalue weighted by atomic mass is 32.2. The van der Waals surface area contributed by atoms with E-state index >= 15 is 0 Å². The third-order valence-electron chi connectivity index (χ3n) is 6.06. The maximum atomic E-state index is 13.6. The molecule has 1 amide bonds. The molecule has 3 rings (SSSR count). The van der Waals surface area contributed by atoms with Gasteiger partial charge in [-0.25, -0.2) is 8.42 Å². The first kappa shape index (κ1) is 26.2. The van der Waals surface area contributed by atoms with Crippen LogP contribution in [-0.2, 0) is 10.0 Å². The number of hydrogen-bond acceptors (Lipinski definition) is 6. The van der Waals surface area contributed by atoms with Crippen molar-refractivity contribution >= 4 is 15.9 Å². The Balaban J connectivity index is 2.14. The van der Waals surface area contributed by atoms with Crippen LogP contribution in [0, 0.1) is 5.92 Å². The Kier molecular flexibility index (Phi) is 8.02. The third-order valence-corrected chi connectivity index (χ3v) is 8.08. The summed E-state index contributed by atoms with van der Waals surface area (Å²) in [6.07, 6.45) is -0.255. The molecule has 2 aromatic rings. The van der Waals surface area contributed by atoms with Gasteiger partial charge < -0.3 is 19.6 Å². The van der Waals surface area contributed by atoms with Gasteiger partial charge in [0.2, 0.25) is 10.0 Å². The summed E-state index contributed by atoms with van der Waals surface area (Å²) in [7, 11) is 3.40. The number of carbonyl (C=O) groups excluding carboxylic acids is 1. The lowest BCUT2D eigenvalue weighted by atomic mass is 10.0. The number of amides is 1. The summed E-state index contributed by atoms with van der Waals surface area (Å²) in [5.41, 5.74) is 2.09. The fourth-order valence-electron chi connectivity index (χ4n) is 4.07. The third kappa shape index (κ3) is 5.43. The van der Waals surface area contributed by atoms with E-state index in [0.29, 0.717) is 12.1 Å². The van der Waals surface area contributed by atoms with Crippen LogP contribution in [0.4, 0.5) is 0 Å². The Bertz CT molecular complexity index is 1130. The van der Waals surface area contributed by atoms with Gasteiger partial charge in [0.15, 0.2) is 0 Å². The summed E-state index contributed by atoms with van der Waals surface area (Å²) >= 11 is 0. The van der Waals surface area contributed by atoms with E-state index in [9.17, 15) is 18.3 Å². The molecule has 34 heavy (non-hydrogen) atoms. The first-order valence-corrected chi connectivity index (χ1v) is 12.8. The van der Waals surface area contributed by atoms with Crippen LogP contribution in [0.3, 0.4) is 0 Å². The van der Waals surface area contributed by atoms with E-state index in [1.807, 2.05) is 38.1 Å². The fourth-order valence-corrected chi connectivity index (χ4v) is 5.90.